The molecular weight excluding hydrogens is 302 g/mol. The van der Waals surface area contributed by atoms with Gasteiger partial charge < -0.3 is 10.6 Å². The first kappa shape index (κ1) is 17.7. The van der Waals surface area contributed by atoms with Crippen LogP contribution in [0.2, 0.25) is 0 Å². The minimum atomic E-state index is -0.332. The van der Waals surface area contributed by atoms with Gasteiger partial charge in [0, 0.05) is 12.2 Å². The number of anilines is 1. The number of benzene rings is 1. The van der Waals surface area contributed by atoms with Crippen LogP contribution in [0.4, 0.5) is 5.69 Å². The second kappa shape index (κ2) is 8.24. The minimum Gasteiger partial charge on any atom is -0.351 e. The Hall–Kier alpha value is -2.69. The van der Waals surface area contributed by atoms with Crippen molar-refractivity contribution in [2.75, 3.05) is 11.9 Å². The molecule has 0 aliphatic carbocycles. The van der Waals surface area contributed by atoms with Crippen molar-refractivity contribution in [3.63, 3.8) is 0 Å². The first-order valence-electron chi connectivity index (χ1n) is 8.15. The number of hydrogen-bond acceptors (Lipinski definition) is 3. The molecule has 0 saturated carbocycles. The van der Waals surface area contributed by atoms with Crippen LogP contribution in [-0.2, 0) is 0 Å². The highest BCUT2D eigenvalue weighted by atomic mass is 16.2. The molecule has 2 N–H and O–H groups in total. The van der Waals surface area contributed by atoms with Crippen LogP contribution in [0, 0.1) is 13.8 Å². The Bertz CT molecular complexity index is 741. The number of amides is 2. The van der Waals surface area contributed by atoms with Crippen molar-refractivity contribution in [1.82, 2.24) is 10.3 Å². The molecule has 1 aromatic heterocycles. The third-order valence-electron chi connectivity index (χ3n) is 3.80. The van der Waals surface area contributed by atoms with E-state index in [1.54, 1.807) is 18.2 Å². The number of aromatic nitrogens is 1. The normalized spacial score (nSPS) is 10.3. The van der Waals surface area contributed by atoms with Crippen LogP contribution in [0.1, 0.15) is 51.9 Å². The number of unbranched alkanes of at least 4 members (excludes halogenated alkanes) is 1. The molecule has 0 spiro atoms. The number of hydrogen-bond donors (Lipinski definition) is 2. The maximum Gasteiger partial charge on any atom is 0.274 e. The van der Waals surface area contributed by atoms with Crippen LogP contribution in [0.3, 0.4) is 0 Å². The molecule has 5 heteroatoms. The Morgan fingerprint density at radius 1 is 1.00 bits per heavy atom. The smallest absolute Gasteiger partial charge is 0.274 e. The number of carbonyl (C=O) groups excluding carboxylic acids is 2. The fourth-order valence-electron chi connectivity index (χ4n) is 2.17. The van der Waals surface area contributed by atoms with Gasteiger partial charge in [0.05, 0.1) is 0 Å². The Balaban J connectivity index is 2.08. The lowest BCUT2D eigenvalue weighted by Gasteiger charge is -2.08. The summed E-state index contributed by atoms with van der Waals surface area (Å²) in [5, 5.41) is 5.61. The molecular formula is C19H23N3O2. The van der Waals surface area contributed by atoms with Gasteiger partial charge in [-0.1, -0.05) is 25.5 Å². The summed E-state index contributed by atoms with van der Waals surface area (Å²) in [6, 6.07) is 10.6. The van der Waals surface area contributed by atoms with Crippen LogP contribution in [0.25, 0.3) is 0 Å². The molecule has 0 saturated heterocycles. The second-order valence-corrected chi connectivity index (χ2v) is 5.77. The quantitative estimate of drug-likeness (QED) is 0.799. The molecule has 1 aromatic carbocycles. The largest absolute Gasteiger partial charge is 0.351 e. The summed E-state index contributed by atoms with van der Waals surface area (Å²) in [7, 11) is 0. The molecule has 0 atom stereocenters. The summed E-state index contributed by atoms with van der Waals surface area (Å²) >= 11 is 0. The molecule has 0 aliphatic heterocycles. The molecule has 24 heavy (non-hydrogen) atoms. The molecule has 1 heterocycles. The van der Waals surface area contributed by atoms with Gasteiger partial charge in [0.2, 0.25) is 0 Å². The number of rotatable bonds is 6. The predicted octanol–water partition coefficient (Wildman–Crippen LogP) is 3.48. The Kier molecular flexibility index (Phi) is 6.07. The number of nitrogens with one attached hydrogen (secondary N) is 2. The Morgan fingerprint density at radius 3 is 2.38 bits per heavy atom. The van der Waals surface area contributed by atoms with Crippen LogP contribution < -0.4 is 10.6 Å². The van der Waals surface area contributed by atoms with Crippen molar-refractivity contribution in [3.05, 3.63) is 58.9 Å². The van der Waals surface area contributed by atoms with Crippen LogP contribution >= 0.6 is 0 Å². The highest BCUT2D eigenvalue weighted by Gasteiger charge is 2.12. The van der Waals surface area contributed by atoms with Gasteiger partial charge >= 0.3 is 0 Å². The molecule has 0 unspecified atom stereocenters. The molecule has 126 valence electrons. The number of aryl methyl sites for hydroxylation is 2. The van der Waals surface area contributed by atoms with E-state index in [-0.39, 0.29) is 23.2 Å². The molecule has 0 fully saturated rings. The zero-order chi connectivity index (χ0) is 17.5. The summed E-state index contributed by atoms with van der Waals surface area (Å²) in [6.45, 7) is 6.67. The van der Waals surface area contributed by atoms with Gasteiger partial charge in [-0.15, -0.1) is 0 Å². The lowest BCUT2D eigenvalue weighted by molar-refractivity contribution is 0.0948. The zero-order valence-electron chi connectivity index (χ0n) is 14.3. The zero-order valence-corrected chi connectivity index (χ0v) is 14.3. The van der Waals surface area contributed by atoms with Gasteiger partial charge in [0.25, 0.3) is 11.8 Å². The Labute approximate surface area is 142 Å². The fourth-order valence-corrected chi connectivity index (χ4v) is 2.17. The van der Waals surface area contributed by atoms with Gasteiger partial charge in [-0.3, -0.25) is 9.59 Å². The van der Waals surface area contributed by atoms with Crippen molar-refractivity contribution >= 4 is 17.5 Å². The monoisotopic (exact) mass is 325 g/mol. The maximum atomic E-state index is 12.3. The van der Waals surface area contributed by atoms with Gasteiger partial charge in [0.1, 0.15) is 11.4 Å². The van der Waals surface area contributed by atoms with Crippen molar-refractivity contribution in [2.45, 2.75) is 33.6 Å². The van der Waals surface area contributed by atoms with E-state index in [0.29, 0.717) is 12.2 Å². The Morgan fingerprint density at radius 2 is 1.71 bits per heavy atom. The number of pyridine rings is 1. The standard InChI is InChI=1S/C19H23N3O2/c1-4-5-11-20-18(23)16-7-6-8-17(22-16)19(24)21-15-10-9-13(2)14(3)12-15/h6-10,12H,4-5,11H2,1-3H3,(H,20,23)(H,21,24). The van der Waals surface area contributed by atoms with Gasteiger partial charge in [0.15, 0.2) is 0 Å². The van der Waals surface area contributed by atoms with E-state index in [2.05, 4.69) is 22.5 Å². The van der Waals surface area contributed by atoms with E-state index in [9.17, 15) is 9.59 Å². The van der Waals surface area contributed by atoms with Crippen molar-refractivity contribution < 1.29 is 9.59 Å². The van der Waals surface area contributed by atoms with Crippen molar-refractivity contribution in [1.29, 1.82) is 0 Å². The summed E-state index contributed by atoms with van der Waals surface area (Å²) in [6.07, 6.45) is 1.92. The van der Waals surface area contributed by atoms with E-state index in [4.69, 9.17) is 0 Å². The first-order valence-corrected chi connectivity index (χ1v) is 8.15. The molecule has 2 rings (SSSR count). The fraction of sp³-hybridized carbons (Fsp3) is 0.316. The molecule has 0 bridgehead atoms. The van der Waals surface area contributed by atoms with E-state index in [1.165, 1.54) is 0 Å². The van der Waals surface area contributed by atoms with E-state index in [0.717, 1.165) is 24.0 Å². The second-order valence-electron chi connectivity index (χ2n) is 5.77. The van der Waals surface area contributed by atoms with E-state index >= 15 is 0 Å². The molecule has 5 nitrogen and oxygen atoms in total. The molecule has 2 aromatic rings. The maximum absolute atomic E-state index is 12.3. The third-order valence-corrected chi connectivity index (χ3v) is 3.80. The van der Waals surface area contributed by atoms with Crippen molar-refractivity contribution in [2.24, 2.45) is 0 Å². The molecule has 0 radical (unpaired) electrons. The minimum absolute atomic E-state index is 0.219. The molecule has 2 amide bonds. The topological polar surface area (TPSA) is 71.1 Å². The van der Waals surface area contributed by atoms with Gasteiger partial charge in [-0.25, -0.2) is 4.98 Å². The molecule has 0 aliphatic rings. The summed E-state index contributed by atoms with van der Waals surface area (Å²) in [5.74, 6) is -0.592. The van der Waals surface area contributed by atoms with Crippen LogP contribution in [0.15, 0.2) is 36.4 Å². The SMILES string of the molecule is CCCCNC(=O)c1cccc(C(=O)Nc2ccc(C)c(C)c2)n1. The van der Waals surface area contributed by atoms with Gasteiger partial charge in [-0.05, 0) is 55.7 Å². The predicted molar refractivity (Wildman–Crippen MR) is 95.3 cm³/mol. The number of nitrogens with zero attached hydrogens (tertiary/aromatic N) is 1. The van der Waals surface area contributed by atoms with Crippen LogP contribution in [-0.4, -0.2) is 23.3 Å². The third kappa shape index (κ3) is 4.65. The number of carbonyl (C=O) groups is 2. The van der Waals surface area contributed by atoms with Crippen LogP contribution in [0.5, 0.6) is 0 Å². The summed E-state index contributed by atoms with van der Waals surface area (Å²) < 4.78 is 0. The van der Waals surface area contributed by atoms with Crippen molar-refractivity contribution in [3.8, 4) is 0 Å². The van der Waals surface area contributed by atoms with E-state index in [1.807, 2.05) is 32.0 Å². The summed E-state index contributed by atoms with van der Waals surface area (Å²) in [5.41, 5.74) is 3.44. The highest BCUT2D eigenvalue weighted by Crippen LogP contribution is 2.15. The summed E-state index contributed by atoms with van der Waals surface area (Å²) in [4.78, 5) is 28.5. The van der Waals surface area contributed by atoms with Gasteiger partial charge in [-0.2, -0.15) is 0 Å². The highest BCUT2D eigenvalue weighted by molar-refractivity contribution is 6.03. The average molecular weight is 325 g/mol. The average Bonchev–Trinajstić information content (AvgIpc) is 2.58. The lowest BCUT2D eigenvalue weighted by Crippen LogP contribution is -2.26. The first-order chi connectivity index (χ1) is 11.5. The lowest BCUT2D eigenvalue weighted by atomic mass is 10.1. The van der Waals surface area contributed by atoms with E-state index < -0.39 is 0 Å².